The Morgan fingerprint density at radius 2 is 2.30 bits per heavy atom. The van der Waals surface area contributed by atoms with Crippen molar-refractivity contribution in [3.63, 3.8) is 0 Å². The Hall–Kier alpha value is -0.560. The quantitative estimate of drug-likeness (QED) is 0.331. The molecule has 0 aliphatic carbocycles. The molecule has 0 atom stereocenters. The van der Waals surface area contributed by atoms with E-state index in [9.17, 15) is 0 Å². The van der Waals surface area contributed by atoms with Crippen molar-refractivity contribution in [2.45, 2.75) is 12.8 Å². The van der Waals surface area contributed by atoms with Gasteiger partial charge in [0, 0.05) is 12.1 Å². The molecule has 0 aromatic rings. The molecule has 1 nitrogen and oxygen atoms in total. The van der Waals surface area contributed by atoms with E-state index in [0.717, 1.165) is 18.4 Å². The second-order valence-corrected chi connectivity index (χ2v) is 2.33. The summed E-state index contributed by atoms with van der Waals surface area (Å²) in [6, 6.07) is 0. The van der Waals surface area contributed by atoms with E-state index in [1.807, 2.05) is 6.08 Å². The second-order valence-electron chi connectivity index (χ2n) is 1.95. The predicted molar refractivity (Wildman–Crippen MR) is 47.8 cm³/mol. The molecule has 0 amide bonds. The van der Waals surface area contributed by atoms with Gasteiger partial charge in [-0.15, -0.1) is 11.6 Å². The smallest absolute Gasteiger partial charge is 0.0263 e. The van der Waals surface area contributed by atoms with Crippen LogP contribution in [-0.2, 0) is 0 Å². The van der Waals surface area contributed by atoms with Crippen LogP contribution in [0.3, 0.4) is 0 Å². The number of allylic oxidation sites excluding steroid dienone is 2. The summed E-state index contributed by atoms with van der Waals surface area (Å²) in [5.41, 5.74) is 1.05. The Morgan fingerprint density at radius 3 is 2.80 bits per heavy atom. The number of aliphatic imine (C=N–C) groups is 1. The lowest BCUT2D eigenvalue weighted by Gasteiger charge is -1.93. The zero-order chi connectivity index (χ0) is 7.82. The lowest BCUT2D eigenvalue weighted by Crippen LogP contribution is -1.77. The Bertz CT molecular complexity index is 138. The van der Waals surface area contributed by atoms with Gasteiger partial charge >= 0.3 is 0 Å². The molecule has 0 spiro atoms. The minimum absolute atomic E-state index is 0.689. The van der Waals surface area contributed by atoms with Crippen LogP contribution >= 0.6 is 11.6 Å². The van der Waals surface area contributed by atoms with E-state index in [0.29, 0.717) is 5.88 Å². The van der Waals surface area contributed by atoms with Gasteiger partial charge in [-0.25, -0.2) is 0 Å². The van der Waals surface area contributed by atoms with Crippen LogP contribution in [0.1, 0.15) is 12.8 Å². The van der Waals surface area contributed by atoms with E-state index in [1.165, 1.54) is 0 Å². The third-order valence-corrected chi connectivity index (χ3v) is 1.31. The van der Waals surface area contributed by atoms with Gasteiger partial charge in [0.1, 0.15) is 0 Å². The highest BCUT2D eigenvalue weighted by Crippen LogP contribution is 2.04. The van der Waals surface area contributed by atoms with Crippen LogP contribution in [0.2, 0.25) is 0 Å². The van der Waals surface area contributed by atoms with Gasteiger partial charge in [0.15, 0.2) is 0 Å². The molecule has 0 saturated carbocycles. The van der Waals surface area contributed by atoms with Crippen LogP contribution in [0, 0.1) is 0 Å². The molecular formula is C8H12ClN. The van der Waals surface area contributed by atoms with Gasteiger partial charge < -0.3 is 0 Å². The normalized spacial score (nSPS) is 10.1. The maximum absolute atomic E-state index is 5.48. The van der Waals surface area contributed by atoms with Crippen LogP contribution in [0.4, 0.5) is 0 Å². The molecule has 0 radical (unpaired) electrons. The Labute approximate surface area is 67.1 Å². The van der Waals surface area contributed by atoms with Gasteiger partial charge in [-0.3, -0.25) is 4.99 Å². The average molecular weight is 158 g/mol. The van der Waals surface area contributed by atoms with Crippen LogP contribution in [0.5, 0.6) is 0 Å². The molecule has 0 aromatic heterocycles. The van der Waals surface area contributed by atoms with E-state index >= 15 is 0 Å². The topological polar surface area (TPSA) is 12.4 Å². The van der Waals surface area contributed by atoms with E-state index in [-0.39, 0.29) is 0 Å². The first-order valence-electron chi connectivity index (χ1n) is 3.17. The zero-order valence-corrected chi connectivity index (χ0v) is 6.77. The predicted octanol–water partition coefficient (Wildman–Crippen LogP) is 2.78. The molecule has 0 aromatic carbocycles. The van der Waals surface area contributed by atoms with Crippen molar-refractivity contribution in [1.29, 1.82) is 0 Å². The van der Waals surface area contributed by atoms with Crippen LogP contribution in [0.15, 0.2) is 29.4 Å². The fourth-order valence-corrected chi connectivity index (χ4v) is 0.669. The number of nitrogens with zero attached hydrogens (tertiary/aromatic N) is 1. The second kappa shape index (κ2) is 6.56. The highest BCUT2D eigenvalue weighted by atomic mass is 35.5. The molecule has 10 heavy (non-hydrogen) atoms. The standard InChI is InChI=1S/C8H12ClN/c1-8(4-3-6-9)5-7-10-2/h5,7H,1-4,6H2/b7-5-. The van der Waals surface area contributed by atoms with Crippen LogP contribution in [-0.4, -0.2) is 12.6 Å². The lowest BCUT2D eigenvalue weighted by molar-refractivity contribution is 0.936. The Balaban J connectivity index is 3.43. The van der Waals surface area contributed by atoms with Crippen molar-refractivity contribution in [2.24, 2.45) is 4.99 Å². The summed E-state index contributed by atoms with van der Waals surface area (Å²) >= 11 is 5.48. The first-order valence-corrected chi connectivity index (χ1v) is 3.71. The summed E-state index contributed by atoms with van der Waals surface area (Å²) in [6.07, 6.45) is 5.40. The highest BCUT2D eigenvalue weighted by Gasteiger charge is 1.86. The van der Waals surface area contributed by atoms with Crippen molar-refractivity contribution in [3.05, 3.63) is 24.4 Å². The SMILES string of the molecule is C=N/C=C\C(=C)CCCCl. The molecule has 0 N–H and O–H groups in total. The van der Waals surface area contributed by atoms with E-state index in [4.69, 9.17) is 11.6 Å². The largest absolute Gasteiger partial charge is 0.273 e. The summed E-state index contributed by atoms with van der Waals surface area (Å²) in [6.45, 7) is 7.11. The molecule has 0 saturated heterocycles. The van der Waals surface area contributed by atoms with Crippen molar-refractivity contribution >= 4 is 18.3 Å². The Morgan fingerprint density at radius 1 is 1.60 bits per heavy atom. The monoisotopic (exact) mass is 157 g/mol. The third-order valence-electron chi connectivity index (χ3n) is 1.05. The molecule has 56 valence electrons. The molecule has 0 unspecified atom stereocenters. The molecule has 0 aliphatic rings. The molecule has 0 heterocycles. The molecule has 0 fully saturated rings. The third kappa shape index (κ3) is 5.57. The van der Waals surface area contributed by atoms with Crippen molar-refractivity contribution < 1.29 is 0 Å². The number of halogens is 1. The van der Waals surface area contributed by atoms with Gasteiger partial charge in [0.25, 0.3) is 0 Å². The summed E-state index contributed by atoms with van der Waals surface area (Å²) in [5, 5.41) is 0. The Kier molecular flexibility index (Phi) is 6.19. The molecule has 0 aliphatic heterocycles. The lowest BCUT2D eigenvalue weighted by atomic mass is 10.2. The molecular weight excluding hydrogens is 146 g/mol. The van der Waals surface area contributed by atoms with Crippen molar-refractivity contribution in [3.8, 4) is 0 Å². The van der Waals surface area contributed by atoms with Gasteiger partial charge in [-0.05, 0) is 25.6 Å². The summed E-state index contributed by atoms with van der Waals surface area (Å²) in [4.78, 5) is 3.56. The summed E-state index contributed by atoms with van der Waals surface area (Å²) in [5.74, 6) is 0.689. The van der Waals surface area contributed by atoms with Gasteiger partial charge in [0.05, 0.1) is 0 Å². The minimum Gasteiger partial charge on any atom is -0.273 e. The van der Waals surface area contributed by atoms with E-state index < -0.39 is 0 Å². The molecule has 0 rings (SSSR count). The number of alkyl halides is 1. The number of rotatable bonds is 5. The average Bonchev–Trinajstić information content (AvgIpc) is 1.97. The van der Waals surface area contributed by atoms with Gasteiger partial charge in [-0.1, -0.05) is 12.2 Å². The minimum atomic E-state index is 0.689. The van der Waals surface area contributed by atoms with Crippen molar-refractivity contribution in [2.75, 3.05) is 5.88 Å². The highest BCUT2D eigenvalue weighted by molar-refractivity contribution is 6.17. The maximum Gasteiger partial charge on any atom is 0.0263 e. The maximum atomic E-state index is 5.48. The van der Waals surface area contributed by atoms with Crippen LogP contribution in [0.25, 0.3) is 0 Å². The summed E-state index contributed by atoms with van der Waals surface area (Å²) < 4.78 is 0. The summed E-state index contributed by atoms with van der Waals surface area (Å²) in [7, 11) is 0. The fraction of sp³-hybridized carbons (Fsp3) is 0.375. The van der Waals surface area contributed by atoms with Crippen molar-refractivity contribution in [1.82, 2.24) is 0 Å². The molecule has 2 heteroatoms. The number of hydrogen-bond acceptors (Lipinski definition) is 1. The first kappa shape index (κ1) is 9.44. The van der Waals surface area contributed by atoms with Gasteiger partial charge in [0.2, 0.25) is 0 Å². The van der Waals surface area contributed by atoms with Crippen LogP contribution < -0.4 is 0 Å². The number of hydrogen-bond donors (Lipinski definition) is 0. The van der Waals surface area contributed by atoms with E-state index in [1.54, 1.807) is 6.20 Å². The van der Waals surface area contributed by atoms with Gasteiger partial charge in [-0.2, -0.15) is 0 Å². The zero-order valence-electron chi connectivity index (χ0n) is 6.02. The first-order chi connectivity index (χ1) is 4.81. The van der Waals surface area contributed by atoms with E-state index in [2.05, 4.69) is 18.3 Å². The molecule has 0 bridgehead atoms. The fourth-order valence-electron chi connectivity index (χ4n) is 0.535.